The van der Waals surface area contributed by atoms with Crippen LogP contribution in [0.25, 0.3) is 0 Å². The SMILES string of the molecule is O=C(O)Cc1cnc(F)cc1Br. The van der Waals surface area contributed by atoms with Crippen LogP contribution in [0.15, 0.2) is 16.7 Å². The third-order valence-corrected chi connectivity index (χ3v) is 1.98. The number of hydrogen-bond donors (Lipinski definition) is 1. The van der Waals surface area contributed by atoms with Crippen LogP contribution in [-0.4, -0.2) is 16.1 Å². The van der Waals surface area contributed by atoms with Crippen molar-refractivity contribution in [1.82, 2.24) is 4.98 Å². The Balaban J connectivity index is 2.93. The number of hydrogen-bond acceptors (Lipinski definition) is 2. The highest BCUT2D eigenvalue weighted by atomic mass is 79.9. The lowest BCUT2D eigenvalue weighted by molar-refractivity contribution is -0.136. The zero-order chi connectivity index (χ0) is 9.14. The van der Waals surface area contributed by atoms with E-state index < -0.39 is 11.9 Å². The van der Waals surface area contributed by atoms with Crippen molar-refractivity contribution < 1.29 is 14.3 Å². The van der Waals surface area contributed by atoms with Gasteiger partial charge >= 0.3 is 5.97 Å². The Morgan fingerprint density at radius 2 is 2.42 bits per heavy atom. The van der Waals surface area contributed by atoms with E-state index in [1.54, 1.807) is 0 Å². The number of nitrogens with zero attached hydrogens (tertiary/aromatic N) is 1. The van der Waals surface area contributed by atoms with Crippen LogP contribution >= 0.6 is 15.9 Å². The van der Waals surface area contributed by atoms with E-state index in [2.05, 4.69) is 20.9 Å². The molecule has 1 aromatic heterocycles. The first-order valence-electron chi connectivity index (χ1n) is 3.11. The number of aromatic nitrogens is 1. The fraction of sp³-hybridized carbons (Fsp3) is 0.143. The molecule has 12 heavy (non-hydrogen) atoms. The molecule has 0 atom stereocenters. The second-order valence-electron chi connectivity index (χ2n) is 2.17. The minimum Gasteiger partial charge on any atom is -0.481 e. The first-order chi connectivity index (χ1) is 5.59. The van der Waals surface area contributed by atoms with E-state index in [9.17, 15) is 9.18 Å². The van der Waals surface area contributed by atoms with Gasteiger partial charge in [0.1, 0.15) is 0 Å². The van der Waals surface area contributed by atoms with E-state index in [1.807, 2.05) is 0 Å². The molecule has 3 nitrogen and oxygen atoms in total. The summed E-state index contributed by atoms with van der Waals surface area (Å²) in [7, 11) is 0. The van der Waals surface area contributed by atoms with Crippen molar-refractivity contribution in [3.63, 3.8) is 0 Å². The van der Waals surface area contributed by atoms with Crippen molar-refractivity contribution in [3.05, 3.63) is 28.2 Å². The monoisotopic (exact) mass is 233 g/mol. The van der Waals surface area contributed by atoms with Gasteiger partial charge in [0, 0.05) is 16.7 Å². The number of halogens is 2. The number of carboxylic acids is 1. The average Bonchev–Trinajstić information content (AvgIpc) is 1.94. The molecule has 0 saturated carbocycles. The van der Waals surface area contributed by atoms with Crippen LogP contribution in [0.1, 0.15) is 5.56 Å². The summed E-state index contributed by atoms with van der Waals surface area (Å²) in [6.07, 6.45) is 1.04. The van der Waals surface area contributed by atoms with Crippen LogP contribution < -0.4 is 0 Å². The molecule has 1 rings (SSSR count). The molecule has 0 aliphatic heterocycles. The first-order valence-corrected chi connectivity index (χ1v) is 3.90. The topological polar surface area (TPSA) is 50.2 Å². The third-order valence-electron chi connectivity index (χ3n) is 1.24. The number of pyridine rings is 1. The molecular weight excluding hydrogens is 229 g/mol. The Morgan fingerprint density at radius 1 is 1.75 bits per heavy atom. The van der Waals surface area contributed by atoms with Gasteiger partial charge in [0.05, 0.1) is 6.42 Å². The second kappa shape index (κ2) is 3.62. The predicted octanol–water partition coefficient (Wildman–Crippen LogP) is 1.61. The van der Waals surface area contributed by atoms with Crippen molar-refractivity contribution in [2.75, 3.05) is 0 Å². The maximum absolute atomic E-state index is 12.4. The van der Waals surface area contributed by atoms with Gasteiger partial charge in [-0.25, -0.2) is 4.98 Å². The van der Waals surface area contributed by atoms with Gasteiger partial charge in [0.2, 0.25) is 5.95 Å². The Morgan fingerprint density at radius 3 is 2.92 bits per heavy atom. The van der Waals surface area contributed by atoms with E-state index in [-0.39, 0.29) is 6.42 Å². The van der Waals surface area contributed by atoms with Gasteiger partial charge in [-0.05, 0) is 5.56 Å². The second-order valence-corrected chi connectivity index (χ2v) is 3.02. The van der Waals surface area contributed by atoms with Crippen molar-refractivity contribution >= 4 is 21.9 Å². The summed E-state index contributed by atoms with van der Waals surface area (Å²) in [6, 6.07) is 1.14. The highest BCUT2D eigenvalue weighted by Gasteiger charge is 2.06. The molecule has 0 unspecified atom stereocenters. The summed E-state index contributed by atoms with van der Waals surface area (Å²) in [4.78, 5) is 13.6. The minimum atomic E-state index is -0.968. The molecule has 0 spiro atoms. The molecule has 0 aromatic carbocycles. The average molecular weight is 234 g/mol. The molecule has 0 aliphatic rings. The van der Waals surface area contributed by atoms with Gasteiger partial charge in [0.15, 0.2) is 0 Å². The molecule has 1 aromatic rings. The maximum Gasteiger partial charge on any atom is 0.307 e. The lowest BCUT2D eigenvalue weighted by Gasteiger charge is -1.98. The lowest BCUT2D eigenvalue weighted by Crippen LogP contribution is -2.01. The molecule has 0 fully saturated rings. The smallest absolute Gasteiger partial charge is 0.307 e. The third kappa shape index (κ3) is 2.27. The van der Waals surface area contributed by atoms with Gasteiger partial charge in [-0.3, -0.25) is 4.79 Å². The molecule has 0 amide bonds. The number of rotatable bonds is 2. The maximum atomic E-state index is 12.4. The molecule has 1 N–H and O–H groups in total. The van der Waals surface area contributed by atoms with Gasteiger partial charge < -0.3 is 5.11 Å². The van der Waals surface area contributed by atoms with Crippen LogP contribution in [0.3, 0.4) is 0 Å². The van der Waals surface area contributed by atoms with Crippen LogP contribution in [0, 0.1) is 5.95 Å². The molecule has 5 heteroatoms. The summed E-state index contributed by atoms with van der Waals surface area (Å²) in [5.74, 6) is -1.60. The highest BCUT2D eigenvalue weighted by Crippen LogP contribution is 2.16. The molecule has 64 valence electrons. The Kier molecular flexibility index (Phi) is 2.75. The van der Waals surface area contributed by atoms with Gasteiger partial charge in [-0.15, -0.1) is 0 Å². The zero-order valence-corrected chi connectivity index (χ0v) is 7.51. The van der Waals surface area contributed by atoms with Crippen molar-refractivity contribution in [2.45, 2.75) is 6.42 Å². The number of carboxylic acid groups (broad SMARTS) is 1. The summed E-state index contributed by atoms with van der Waals surface area (Å²) < 4.78 is 12.8. The molecule has 0 radical (unpaired) electrons. The molecule has 0 aliphatic carbocycles. The summed E-state index contributed by atoms with van der Waals surface area (Å²) in [5, 5.41) is 8.42. The van der Waals surface area contributed by atoms with Crippen molar-refractivity contribution in [3.8, 4) is 0 Å². The van der Waals surface area contributed by atoms with Gasteiger partial charge in [-0.2, -0.15) is 4.39 Å². The number of carbonyl (C=O) groups is 1. The van der Waals surface area contributed by atoms with Crippen molar-refractivity contribution in [2.24, 2.45) is 0 Å². The molecule has 0 bridgehead atoms. The molecule has 1 heterocycles. The van der Waals surface area contributed by atoms with Crippen molar-refractivity contribution in [1.29, 1.82) is 0 Å². The highest BCUT2D eigenvalue weighted by molar-refractivity contribution is 9.10. The Labute approximate surface area is 76.4 Å². The normalized spacial score (nSPS) is 9.83. The molecular formula is C7H5BrFNO2. The van der Waals surface area contributed by atoms with Crippen LogP contribution in [0.2, 0.25) is 0 Å². The quantitative estimate of drug-likeness (QED) is 0.790. The van der Waals surface area contributed by atoms with Crippen LogP contribution in [0.5, 0.6) is 0 Å². The fourth-order valence-electron chi connectivity index (χ4n) is 0.729. The Bertz CT molecular complexity index is 316. The molecule has 0 saturated heterocycles. The first kappa shape index (κ1) is 9.12. The summed E-state index contributed by atoms with van der Waals surface area (Å²) >= 11 is 3.03. The van der Waals surface area contributed by atoms with E-state index in [1.165, 1.54) is 6.20 Å². The summed E-state index contributed by atoms with van der Waals surface area (Å²) in [5.41, 5.74) is 0.462. The zero-order valence-electron chi connectivity index (χ0n) is 5.92. The Hall–Kier alpha value is -0.970. The minimum absolute atomic E-state index is 0.159. The van der Waals surface area contributed by atoms with E-state index in [0.717, 1.165) is 6.07 Å². The van der Waals surface area contributed by atoms with Crippen LogP contribution in [0.4, 0.5) is 4.39 Å². The number of aliphatic carboxylic acids is 1. The summed E-state index contributed by atoms with van der Waals surface area (Å²) in [6.45, 7) is 0. The standard InChI is InChI=1S/C7H5BrFNO2/c8-5-2-6(9)10-3-4(5)1-7(11)12/h2-3H,1H2,(H,11,12). The van der Waals surface area contributed by atoms with E-state index in [4.69, 9.17) is 5.11 Å². The van der Waals surface area contributed by atoms with Gasteiger partial charge in [0.25, 0.3) is 0 Å². The van der Waals surface area contributed by atoms with Gasteiger partial charge in [-0.1, -0.05) is 15.9 Å². The lowest BCUT2D eigenvalue weighted by atomic mass is 10.2. The van der Waals surface area contributed by atoms with E-state index in [0.29, 0.717) is 10.0 Å². The van der Waals surface area contributed by atoms with E-state index >= 15 is 0 Å². The van der Waals surface area contributed by atoms with Crippen LogP contribution in [-0.2, 0) is 11.2 Å². The largest absolute Gasteiger partial charge is 0.481 e. The fourth-order valence-corrected chi connectivity index (χ4v) is 1.16. The predicted molar refractivity (Wildman–Crippen MR) is 43.2 cm³/mol.